The van der Waals surface area contributed by atoms with Crippen molar-refractivity contribution in [2.24, 2.45) is 5.73 Å². The van der Waals surface area contributed by atoms with E-state index < -0.39 is 0 Å². The summed E-state index contributed by atoms with van der Waals surface area (Å²) in [5.74, 6) is 0.952. The number of imidazole rings is 1. The lowest BCUT2D eigenvalue weighted by Crippen LogP contribution is -2.12. The number of aromatic amines is 1. The molecule has 0 saturated carbocycles. The fraction of sp³-hybridized carbons (Fsp3) is 0.625. The Balaban J connectivity index is 2.38. The smallest absolute Gasteiger partial charge is 0.0925 e. The van der Waals surface area contributed by atoms with Gasteiger partial charge in [0.1, 0.15) is 0 Å². The fourth-order valence-electron chi connectivity index (χ4n) is 0.822. The zero-order valence-corrected chi connectivity index (χ0v) is 8.32. The highest BCUT2D eigenvalue weighted by atomic mass is 32.2. The molecule has 1 rings (SSSR count). The van der Waals surface area contributed by atoms with Gasteiger partial charge < -0.3 is 10.7 Å². The lowest BCUT2D eigenvalue weighted by Gasteiger charge is -2.06. The molecule has 12 heavy (non-hydrogen) atoms. The van der Waals surface area contributed by atoms with Crippen LogP contribution in [-0.4, -0.2) is 21.8 Å². The highest BCUT2D eigenvalue weighted by Gasteiger charge is 2.04. The Kier molecular flexibility index (Phi) is 3.62. The molecule has 3 nitrogen and oxygen atoms in total. The molecule has 0 aliphatic heterocycles. The van der Waals surface area contributed by atoms with Crippen LogP contribution >= 0.6 is 11.8 Å². The minimum absolute atomic E-state index is 0.515. The van der Waals surface area contributed by atoms with Crippen LogP contribution in [0.15, 0.2) is 6.33 Å². The first kappa shape index (κ1) is 9.61. The Morgan fingerprint density at radius 3 is 3.00 bits per heavy atom. The summed E-state index contributed by atoms with van der Waals surface area (Å²) in [7, 11) is 0. The van der Waals surface area contributed by atoms with Crippen molar-refractivity contribution in [3.8, 4) is 0 Å². The predicted molar refractivity (Wildman–Crippen MR) is 53.1 cm³/mol. The number of aryl methyl sites for hydroxylation is 1. The van der Waals surface area contributed by atoms with Gasteiger partial charge in [-0.1, -0.05) is 6.92 Å². The topological polar surface area (TPSA) is 54.7 Å². The van der Waals surface area contributed by atoms with Gasteiger partial charge in [0.15, 0.2) is 0 Å². The molecule has 1 aromatic rings. The number of nitrogens with zero attached hydrogens (tertiary/aromatic N) is 1. The van der Waals surface area contributed by atoms with Crippen molar-refractivity contribution < 1.29 is 0 Å². The normalized spacial score (nSPS) is 13.2. The molecular formula is C8H15N3S. The van der Waals surface area contributed by atoms with Gasteiger partial charge in [0.2, 0.25) is 0 Å². The van der Waals surface area contributed by atoms with E-state index in [1.807, 2.05) is 18.7 Å². The van der Waals surface area contributed by atoms with Crippen molar-refractivity contribution in [2.45, 2.75) is 24.9 Å². The van der Waals surface area contributed by atoms with Gasteiger partial charge in [-0.3, -0.25) is 0 Å². The highest BCUT2D eigenvalue weighted by molar-refractivity contribution is 7.99. The third kappa shape index (κ3) is 2.53. The Hall–Kier alpha value is -0.480. The van der Waals surface area contributed by atoms with E-state index in [0.29, 0.717) is 5.25 Å². The van der Waals surface area contributed by atoms with Crippen molar-refractivity contribution in [1.29, 1.82) is 0 Å². The van der Waals surface area contributed by atoms with E-state index in [9.17, 15) is 0 Å². The first-order valence-electron chi connectivity index (χ1n) is 4.04. The number of H-pyrrole nitrogens is 1. The van der Waals surface area contributed by atoms with E-state index in [1.54, 1.807) is 6.33 Å². The van der Waals surface area contributed by atoms with Crippen molar-refractivity contribution in [1.82, 2.24) is 9.97 Å². The third-order valence-electron chi connectivity index (χ3n) is 1.77. The maximum absolute atomic E-state index is 5.50. The molecule has 68 valence electrons. The molecule has 0 aliphatic rings. The molecule has 0 bridgehead atoms. The van der Waals surface area contributed by atoms with Crippen molar-refractivity contribution in [3.63, 3.8) is 0 Å². The predicted octanol–water partition coefficient (Wildman–Crippen LogP) is 1.30. The summed E-state index contributed by atoms with van der Waals surface area (Å²) in [5.41, 5.74) is 7.80. The largest absolute Gasteiger partial charge is 0.348 e. The molecule has 1 atom stereocenters. The number of aromatic nitrogens is 2. The number of nitrogens with two attached hydrogens (primary N) is 1. The van der Waals surface area contributed by atoms with Gasteiger partial charge in [-0.15, -0.1) is 0 Å². The monoisotopic (exact) mass is 185 g/mol. The Bertz CT molecular complexity index is 234. The van der Waals surface area contributed by atoms with Gasteiger partial charge in [-0.2, -0.15) is 11.8 Å². The van der Waals surface area contributed by atoms with Crippen LogP contribution in [0.4, 0.5) is 0 Å². The average molecular weight is 185 g/mol. The molecule has 0 spiro atoms. The molecule has 4 heteroatoms. The number of hydrogen-bond donors (Lipinski definition) is 2. The van der Waals surface area contributed by atoms with Crippen LogP contribution in [0, 0.1) is 6.92 Å². The van der Waals surface area contributed by atoms with Crippen molar-refractivity contribution in [3.05, 3.63) is 17.7 Å². The zero-order chi connectivity index (χ0) is 8.97. The average Bonchev–Trinajstić information content (AvgIpc) is 2.47. The minimum atomic E-state index is 0.515. The standard InChI is InChI=1S/C8H15N3S/c1-6(3-9)12-4-8-7(2)10-5-11-8/h5-6H,3-4,9H2,1-2H3,(H,10,11)/t6-/m0/s1. The second-order valence-electron chi connectivity index (χ2n) is 2.83. The lowest BCUT2D eigenvalue weighted by molar-refractivity contribution is 0.949. The summed E-state index contributed by atoms with van der Waals surface area (Å²) in [4.78, 5) is 7.26. The summed E-state index contributed by atoms with van der Waals surface area (Å²) in [6.45, 7) is 4.90. The Labute approximate surface area is 77.1 Å². The van der Waals surface area contributed by atoms with Crippen molar-refractivity contribution >= 4 is 11.8 Å². The second-order valence-corrected chi connectivity index (χ2v) is 4.26. The second kappa shape index (κ2) is 4.52. The van der Waals surface area contributed by atoms with E-state index in [4.69, 9.17) is 5.73 Å². The SMILES string of the molecule is Cc1[nH]cnc1CS[C@@H](C)CN. The van der Waals surface area contributed by atoms with Crippen LogP contribution in [0.5, 0.6) is 0 Å². The number of rotatable bonds is 4. The number of nitrogens with one attached hydrogen (secondary N) is 1. The van der Waals surface area contributed by atoms with Gasteiger partial charge in [-0.25, -0.2) is 4.98 Å². The molecular weight excluding hydrogens is 170 g/mol. The molecule has 0 amide bonds. The Morgan fingerprint density at radius 2 is 2.50 bits per heavy atom. The van der Waals surface area contributed by atoms with Gasteiger partial charge >= 0.3 is 0 Å². The van der Waals surface area contributed by atoms with Crippen LogP contribution in [0.25, 0.3) is 0 Å². The van der Waals surface area contributed by atoms with Crippen LogP contribution in [0.2, 0.25) is 0 Å². The molecule has 1 heterocycles. The summed E-state index contributed by atoms with van der Waals surface area (Å²) < 4.78 is 0. The molecule has 0 fully saturated rings. The van der Waals surface area contributed by atoms with Crippen LogP contribution < -0.4 is 5.73 Å². The molecule has 0 saturated heterocycles. The summed E-state index contributed by atoms with van der Waals surface area (Å²) in [6, 6.07) is 0. The summed E-state index contributed by atoms with van der Waals surface area (Å²) in [5, 5.41) is 0.515. The molecule has 0 unspecified atom stereocenters. The van der Waals surface area contributed by atoms with E-state index in [2.05, 4.69) is 16.9 Å². The van der Waals surface area contributed by atoms with E-state index in [1.165, 1.54) is 0 Å². The van der Waals surface area contributed by atoms with Crippen molar-refractivity contribution in [2.75, 3.05) is 6.54 Å². The van der Waals surface area contributed by atoms with Gasteiger partial charge in [0.05, 0.1) is 12.0 Å². The fourth-order valence-corrected chi connectivity index (χ4v) is 1.69. The molecule has 0 aliphatic carbocycles. The molecule has 3 N–H and O–H groups in total. The van der Waals surface area contributed by atoms with Gasteiger partial charge in [0.25, 0.3) is 0 Å². The maximum atomic E-state index is 5.50. The Morgan fingerprint density at radius 1 is 1.75 bits per heavy atom. The first-order chi connectivity index (χ1) is 5.74. The molecule has 0 radical (unpaired) electrons. The highest BCUT2D eigenvalue weighted by Crippen LogP contribution is 2.16. The number of hydrogen-bond acceptors (Lipinski definition) is 3. The zero-order valence-electron chi connectivity index (χ0n) is 7.50. The van der Waals surface area contributed by atoms with Gasteiger partial charge in [-0.05, 0) is 6.92 Å². The van der Waals surface area contributed by atoms with Crippen LogP contribution in [0.3, 0.4) is 0 Å². The van der Waals surface area contributed by atoms with Crippen LogP contribution in [0.1, 0.15) is 18.3 Å². The van der Waals surface area contributed by atoms with Crippen LogP contribution in [-0.2, 0) is 5.75 Å². The van der Waals surface area contributed by atoms with E-state index >= 15 is 0 Å². The van der Waals surface area contributed by atoms with E-state index in [-0.39, 0.29) is 0 Å². The van der Waals surface area contributed by atoms with Gasteiger partial charge in [0, 0.05) is 23.2 Å². The molecule has 0 aromatic carbocycles. The lowest BCUT2D eigenvalue weighted by atomic mass is 10.4. The summed E-state index contributed by atoms with van der Waals surface area (Å²) >= 11 is 1.84. The maximum Gasteiger partial charge on any atom is 0.0925 e. The third-order valence-corrected chi connectivity index (χ3v) is 2.97. The quantitative estimate of drug-likeness (QED) is 0.743. The molecule has 1 aromatic heterocycles. The number of thioether (sulfide) groups is 1. The summed E-state index contributed by atoms with van der Waals surface area (Å²) in [6.07, 6.45) is 1.73. The minimum Gasteiger partial charge on any atom is -0.348 e. The van der Waals surface area contributed by atoms with E-state index in [0.717, 1.165) is 23.7 Å². The first-order valence-corrected chi connectivity index (χ1v) is 5.09.